The number of aryl methyl sites for hydroxylation is 1. The van der Waals surface area contributed by atoms with E-state index in [9.17, 15) is 9.18 Å². The zero-order chi connectivity index (χ0) is 19.0. The minimum Gasteiger partial charge on any atom is -0.497 e. The number of methoxy groups -OCH3 is 1. The van der Waals surface area contributed by atoms with Crippen LogP contribution in [0.25, 0.3) is 11.5 Å². The van der Waals surface area contributed by atoms with E-state index in [1.807, 2.05) is 6.92 Å². The van der Waals surface area contributed by atoms with Crippen molar-refractivity contribution in [3.63, 3.8) is 0 Å². The van der Waals surface area contributed by atoms with Crippen LogP contribution in [0.4, 0.5) is 4.39 Å². The maximum atomic E-state index is 14.2. The highest BCUT2D eigenvalue weighted by Crippen LogP contribution is 2.28. The lowest BCUT2D eigenvalue weighted by molar-refractivity contribution is -0.132. The lowest BCUT2D eigenvalue weighted by Gasteiger charge is -2.42. The number of amides is 1. The number of carbonyl (C=O) groups is 1. The van der Waals surface area contributed by atoms with Crippen LogP contribution in [0.1, 0.15) is 11.5 Å². The van der Waals surface area contributed by atoms with Gasteiger partial charge in [0.05, 0.1) is 18.4 Å². The van der Waals surface area contributed by atoms with Gasteiger partial charge >= 0.3 is 0 Å². The smallest absolute Gasteiger partial charge is 0.238 e. The molecule has 144 valence electrons. The fourth-order valence-electron chi connectivity index (χ4n) is 3.67. The number of hydrogen-bond donors (Lipinski definition) is 1. The molecule has 0 spiro atoms. The average molecular weight is 374 g/mol. The van der Waals surface area contributed by atoms with Gasteiger partial charge in [-0.25, -0.2) is 9.37 Å². The normalized spacial score (nSPS) is 21.0. The Hall–Kier alpha value is -2.45. The summed E-state index contributed by atoms with van der Waals surface area (Å²) in [5, 5.41) is 2.92. The molecule has 27 heavy (non-hydrogen) atoms. The van der Waals surface area contributed by atoms with E-state index in [0.29, 0.717) is 31.1 Å². The average Bonchev–Trinajstić information content (AvgIpc) is 3.03. The highest BCUT2D eigenvalue weighted by molar-refractivity contribution is 5.82. The topological polar surface area (TPSA) is 70.8 Å². The Balaban J connectivity index is 1.52. The molecule has 2 saturated heterocycles. The highest BCUT2D eigenvalue weighted by atomic mass is 19.1. The Bertz CT molecular complexity index is 853. The summed E-state index contributed by atoms with van der Waals surface area (Å²) in [4.78, 5) is 21.1. The summed E-state index contributed by atoms with van der Waals surface area (Å²) in [5.41, 5.74) is 1.04. The van der Waals surface area contributed by atoms with Crippen molar-refractivity contribution in [3.8, 4) is 17.2 Å². The summed E-state index contributed by atoms with van der Waals surface area (Å²) in [6.45, 7) is 6.37. The van der Waals surface area contributed by atoms with Gasteiger partial charge < -0.3 is 14.5 Å². The Morgan fingerprint density at radius 2 is 2.22 bits per heavy atom. The first kappa shape index (κ1) is 17.9. The number of piperazine rings is 2. The van der Waals surface area contributed by atoms with Crippen LogP contribution >= 0.6 is 0 Å². The van der Waals surface area contributed by atoms with E-state index >= 15 is 0 Å². The summed E-state index contributed by atoms with van der Waals surface area (Å²) >= 11 is 0. The van der Waals surface area contributed by atoms with E-state index in [1.54, 1.807) is 12.1 Å². The molecule has 3 heterocycles. The van der Waals surface area contributed by atoms with Crippen LogP contribution < -0.4 is 10.1 Å². The molecule has 1 aromatic heterocycles. The second kappa shape index (κ2) is 7.28. The Kier molecular flexibility index (Phi) is 4.84. The van der Waals surface area contributed by atoms with Crippen molar-refractivity contribution in [2.45, 2.75) is 19.5 Å². The molecule has 0 aliphatic carbocycles. The van der Waals surface area contributed by atoms with Gasteiger partial charge in [0.2, 0.25) is 11.8 Å². The van der Waals surface area contributed by atoms with E-state index in [0.717, 1.165) is 25.3 Å². The number of nitrogens with one attached hydrogen (secondary N) is 1. The van der Waals surface area contributed by atoms with Crippen molar-refractivity contribution in [1.29, 1.82) is 0 Å². The molecule has 2 aromatic rings. The lowest BCUT2D eigenvalue weighted by Crippen LogP contribution is -2.63. The molecular formula is C19H23FN4O3. The zero-order valence-corrected chi connectivity index (χ0v) is 15.5. The number of oxazole rings is 1. The fraction of sp³-hybridized carbons (Fsp3) is 0.474. The standard InChI is InChI=1S/C19H23FN4O3/c1-12-16(10-23-7-8-24-6-5-21-18(25)17(24)11-23)22-19(27-12)14-9-13(26-2)3-4-15(14)20/h3-4,9,17H,5-8,10-11H2,1-2H3,(H,21,25). The molecule has 4 rings (SSSR count). The van der Waals surface area contributed by atoms with Gasteiger partial charge in [-0.1, -0.05) is 0 Å². The predicted octanol–water partition coefficient (Wildman–Crippen LogP) is 1.41. The minimum atomic E-state index is -0.406. The first-order chi connectivity index (χ1) is 13.0. The van der Waals surface area contributed by atoms with Crippen LogP contribution in [0.15, 0.2) is 22.6 Å². The number of benzene rings is 1. The van der Waals surface area contributed by atoms with Crippen LogP contribution in [0, 0.1) is 12.7 Å². The summed E-state index contributed by atoms with van der Waals surface area (Å²) in [7, 11) is 1.53. The maximum Gasteiger partial charge on any atom is 0.238 e. The number of aromatic nitrogens is 1. The molecule has 0 bridgehead atoms. The molecule has 7 nitrogen and oxygen atoms in total. The van der Waals surface area contributed by atoms with E-state index in [2.05, 4.69) is 20.1 Å². The van der Waals surface area contributed by atoms with E-state index < -0.39 is 5.82 Å². The highest BCUT2D eigenvalue weighted by Gasteiger charge is 2.35. The fourth-order valence-corrected chi connectivity index (χ4v) is 3.67. The molecule has 8 heteroatoms. The van der Waals surface area contributed by atoms with Gasteiger partial charge in [-0.15, -0.1) is 0 Å². The summed E-state index contributed by atoms with van der Waals surface area (Å²) in [6, 6.07) is 4.36. The molecule has 1 aromatic carbocycles. The lowest BCUT2D eigenvalue weighted by atomic mass is 10.1. The van der Waals surface area contributed by atoms with Crippen molar-refractivity contribution in [3.05, 3.63) is 35.5 Å². The second-order valence-electron chi connectivity index (χ2n) is 6.95. The van der Waals surface area contributed by atoms with Gasteiger partial charge in [0, 0.05) is 39.3 Å². The van der Waals surface area contributed by atoms with Crippen molar-refractivity contribution in [2.75, 3.05) is 39.8 Å². The van der Waals surface area contributed by atoms with Crippen LogP contribution in [0.3, 0.4) is 0 Å². The number of halogens is 1. The van der Waals surface area contributed by atoms with E-state index in [1.165, 1.54) is 13.2 Å². The molecule has 2 fully saturated rings. The van der Waals surface area contributed by atoms with Crippen molar-refractivity contribution in [2.24, 2.45) is 0 Å². The molecule has 1 unspecified atom stereocenters. The first-order valence-corrected chi connectivity index (χ1v) is 9.09. The van der Waals surface area contributed by atoms with Gasteiger partial charge in [0.1, 0.15) is 23.4 Å². The van der Waals surface area contributed by atoms with Crippen molar-refractivity contribution >= 4 is 5.91 Å². The molecule has 2 aliphatic heterocycles. The number of rotatable bonds is 4. The summed E-state index contributed by atoms with van der Waals surface area (Å²) in [5.74, 6) is 1.12. The molecule has 0 radical (unpaired) electrons. The molecule has 0 saturated carbocycles. The van der Waals surface area contributed by atoms with Gasteiger partial charge in [-0.3, -0.25) is 14.6 Å². The molecule has 1 atom stereocenters. The SMILES string of the molecule is COc1ccc(F)c(-c2nc(CN3CCN4CCNC(=O)C4C3)c(C)o2)c1. The van der Waals surface area contributed by atoms with Gasteiger partial charge in [-0.2, -0.15) is 0 Å². The molecule has 2 aliphatic rings. The van der Waals surface area contributed by atoms with E-state index in [-0.39, 0.29) is 23.4 Å². The third-order valence-corrected chi connectivity index (χ3v) is 5.25. The molecular weight excluding hydrogens is 351 g/mol. The number of ether oxygens (including phenoxy) is 1. The monoisotopic (exact) mass is 374 g/mol. The Morgan fingerprint density at radius 3 is 3.04 bits per heavy atom. The Morgan fingerprint density at radius 1 is 1.37 bits per heavy atom. The van der Waals surface area contributed by atoms with Crippen LogP contribution in [-0.2, 0) is 11.3 Å². The maximum absolute atomic E-state index is 14.2. The number of nitrogens with zero attached hydrogens (tertiary/aromatic N) is 3. The number of hydrogen-bond acceptors (Lipinski definition) is 6. The largest absolute Gasteiger partial charge is 0.497 e. The minimum absolute atomic E-state index is 0.0852. The third kappa shape index (κ3) is 3.54. The number of fused-ring (bicyclic) bond motifs is 1. The van der Waals surface area contributed by atoms with Gasteiger partial charge in [0.25, 0.3) is 0 Å². The Labute approximate surface area is 157 Å². The van der Waals surface area contributed by atoms with Crippen LogP contribution in [0.2, 0.25) is 0 Å². The van der Waals surface area contributed by atoms with Crippen molar-refractivity contribution < 1.29 is 18.3 Å². The molecule has 1 N–H and O–H groups in total. The predicted molar refractivity (Wildman–Crippen MR) is 96.8 cm³/mol. The van der Waals surface area contributed by atoms with Gasteiger partial charge in [0.15, 0.2) is 0 Å². The van der Waals surface area contributed by atoms with E-state index in [4.69, 9.17) is 9.15 Å². The summed E-state index contributed by atoms with van der Waals surface area (Å²) in [6.07, 6.45) is 0. The summed E-state index contributed by atoms with van der Waals surface area (Å²) < 4.78 is 25.1. The van der Waals surface area contributed by atoms with Crippen molar-refractivity contribution in [1.82, 2.24) is 20.1 Å². The molecule has 1 amide bonds. The second-order valence-corrected chi connectivity index (χ2v) is 6.95. The van der Waals surface area contributed by atoms with Crippen LogP contribution in [-0.4, -0.2) is 66.6 Å². The van der Waals surface area contributed by atoms with Gasteiger partial charge in [-0.05, 0) is 25.1 Å². The zero-order valence-electron chi connectivity index (χ0n) is 15.5. The van der Waals surface area contributed by atoms with Crippen LogP contribution in [0.5, 0.6) is 5.75 Å². The third-order valence-electron chi connectivity index (χ3n) is 5.25. The number of carbonyl (C=O) groups excluding carboxylic acids is 1. The quantitative estimate of drug-likeness (QED) is 0.873. The first-order valence-electron chi connectivity index (χ1n) is 9.09.